The van der Waals surface area contributed by atoms with Gasteiger partial charge in [-0.05, 0) is 43.3 Å². The van der Waals surface area contributed by atoms with Crippen LogP contribution in [-0.2, 0) is 6.54 Å². The summed E-state index contributed by atoms with van der Waals surface area (Å²) in [6.45, 7) is 3.39. The Morgan fingerprint density at radius 2 is 1.97 bits per heavy atom. The lowest BCUT2D eigenvalue weighted by Gasteiger charge is -2.11. The summed E-state index contributed by atoms with van der Waals surface area (Å²) in [6.07, 6.45) is 3.32. The van der Waals surface area contributed by atoms with Crippen molar-refractivity contribution in [3.63, 3.8) is 0 Å². The fourth-order valence-corrected chi connectivity index (χ4v) is 3.48. The van der Waals surface area contributed by atoms with Gasteiger partial charge in [-0.2, -0.15) is 0 Å². The van der Waals surface area contributed by atoms with Crippen molar-refractivity contribution in [3.05, 3.63) is 60.8 Å². The number of anilines is 1. The lowest BCUT2D eigenvalue weighted by molar-refractivity contribution is 0.318. The van der Waals surface area contributed by atoms with Crippen molar-refractivity contribution in [2.45, 2.75) is 13.5 Å². The van der Waals surface area contributed by atoms with E-state index in [0.29, 0.717) is 48.2 Å². The molecule has 2 heterocycles. The highest BCUT2D eigenvalue weighted by Gasteiger charge is 2.11. The van der Waals surface area contributed by atoms with Crippen LogP contribution in [0.15, 0.2) is 55.0 Å². The maximum Gasteiger partial charge on any atom is 0.161 e. The third-order valence-electron chi connectivity index (χ3n) is 4.94. The fourth-order valence-electron chi connectivity index (χ4n) is 3.48. The second-order valence-corrected chi connectivity index (χ2v) is 6.85. The number of nitrogens with one attached hydrogen (secondary N) is 1. The molecule has 0 aliphatic rings. The maximum absolute atomic E-state index is 14.4. The van der Waals surface area contributed by atoms with Gasteiger partial charge < -0.3 is 24.5 Å². The van der Waals surface area contributed by atoms with E-state index < -0.39 is 0 Å². The number of fused-ring (bicyclic) bond motifs is 1. The normalized spacial score (nSPS) is 10.9. The van der Waals surface area contributed by atoms with E-state index in [4.69, 9.17) is 9.47 Å². The number of methoxy groups -OCH3 is 1. The number of phenolic OH excluding ortho intramolecular Hbond substituents is 1. The van der Waals surface area contributed by atoms with Gasteiger partial charge in [-0.15, -0.1) is 0 Å². The zero-order valence-electron chi connectivity index (χ0n) is 17.3. The Bertz CT molecular complexity index is 1210. The second-order valence-electron chi connectivity index (χ2n) is 6.85. The third kappa shape index (κ3) is 4.23. The first-order valence-corrected chi connectivity index (χ1v) is 9.94. The Kier molecular flexibility index (Phi) is 5.88. The van der Waals surface area contributed by atoms with Crippen molar-refractivity contribution >= 4 is 16.7 Å². The van der Waals surface area contributed by atoms with Crippen LogP contribution < -0.4 is 14.8 Å². The van der Waals surface area contributed by atoms with Crippen LogP contribution in [-0.4, -0.2) is 39.9 Å². The molecule has 2 aromatic heterocycles. The molecule has 31 heavy (non-hydrogen) atoms. The maximum atomic E-state index is 14.4. The summed E-state index contributed by atoms with van der Waals surface area (Å²) in [6, 6.07) is 11.8. The Hall–Kier alpha value is -3.81. The Morgan fingerprint density at radius 3 is 2.77 bits per heavy atom. The lowest BCUT2D eigenvalue weighted by Crippen LogP contribution is -2.11. The van der Waals surface area contributed by atoms with Gasteiger partial charge in [0.15, 0.2) is 11.5 Å². The second kappa shape index (κ2) is 8.91. The minimum atomic E-state index is -0.289. The van der Waals surface area contributed by atoms with E-state index in [2.05, 4.69) is 15.3 Å². The van der Waals surface area contributed by atoms with E-state index in [0.717, 1.165) is 10.9 Å². The van der Waals surface area contributed by atoms with Crippen LogP contribution in [0.2, 0.25) is 0 Å². The first-order valence-electron chi connectivity index (χ1n) is 9.94. The van der Waals surface area contributed by atoms with E-state index >= 15 is 0 Å². The van der Waals surface area contributed by atoms with Crippen molar-refractivity contribution in [1.29, 1.82) is 0 Å². The first kappa shape index (κ1) is 20.5. The monoisotopic (exact) mass is 422 g/mol. The number of benzene rings is 2. The molecule has 0 saturated heterocycles. The number of rotatable bonds is 8. The van der Waals surface area contributed by atoms with Crippen LogP contribution >= 0.6 is 0 Å². The topological polar surface area (TPSA) is 81.4 Å². The number of ether oxygens (including phenoxy) is 2. The fraction of sp³-hybridized carbons (Fsp3) is 0.217. The van der Waals surface area contributed by atoms with Crippen LogP contribution in [0.25, 0.3) is 22.2 Å². The molecule has 0 atom stereocenters. The molecule has 0 fully saturated rings. The van der Waals surface area contributed by atoms with Gasteiger partial charge in [0, 0.05) is 36.3 Å². The number of phenols is 1. The van der Waals surface area contributed by atoms with E-state index in [1.165, 1.54) is 12.4 Å². The van der Waals surface area contributed by atoms with Crippen LogP contribution in [0, 0.1) is 5.82 Å². The van der Waals surface area contributed by atoms with Crippen LogP contribution in [0.3, 0.4) is 0 Å². The average Bonchev–Trinajstić information content (AvgIpc) is 3.21. The molecule has 0 spiro atoms. The molecule has 0 amide bonds. The van der Waals surface area contributed by atoms with Crippen molar-refractivity contribution in [2.75, 3.05) is 25.6 Å². The SMILES string of the molecule is CCOc1cc(-c2cc(NCCn3ccc4c(OC)ccc(F)c43)ncn2)ccc1O. The zero-order valence-corrected chi connectivity index (χ0v) is 17.3. The minimum absolute atomic E-state index is 0.0841. The van der Waals surface area contributed by atoms with Crippen molar-refractivity contribution in [2.24, 2.45) is 0 Å². The number of hydrogen-bond acceptors (Lipinski definition) is 6. The van der Waals surface area contributed by atoms with Crippen molar-refractivity contribution < 1.29 is 19.0 Å². The van der Waals surface area contributed by atoms with Crippen LogP contribution in [0.4, 0.5) is 10.2 Å². The summed E-state index contributed by atoms with van der Waals surface area (Å²) in [4.78, 5) is 8.57. The van der Waals surface area contributed by atoms with Gasteiger partial charge in [0.1, 0.15) is 23.7 Å². The summed E-state index contributed by atoms with van der Waals surface area (Å²) in [5.74, 6) is 1.49. The van der Waals surface area contributed by atoms with Gasteiger partial charge in [-0.25, -0.2) is 14.4 Å². The molecule has 0 radical (unpaired) electrons. The molecule has 0 bridgehead atoms. The first-order chi connectivity index (χ1) is 15.1. The molecule has 0 aliphatic carbocycles. The Labute approximate surface area is 179 Å². The van der Waals surface area contributed by atoms with Gasteiger partial charge in [0.25, 0.3) is 0 Å². The van der Waals surface area contributed by atoms with Gasteiger partial charge in [-0.3, -0.25) is 0 Å². The molecular formula is C23H23FN4O3. The smallest absolute Gasteiger partial charge is 0.161 e. The molecule has 4 rings (SSSR count). The molecule has 160 valence electrons. The molecular weight excluding hydrogens is 399 g/mol. The van der Waals surface area contributed by atoms with E-state index in [-0.39, 0.29) is 11.6 Å². The summed E-state index contributed by atoms with van der Waals surface area (Å²) in [5, 5.41) is 13.9. The van der Waals surface area contributed by atoms with E-state index in [1.54, 1.807) is 31.4 Å². The van der Waals surface area contributed by atoms with Gasteiger partial charge in [0.05, 0.1) is 24.9 Å². The standard InChI is InChI=1S/C23H23FN4O3/c1-3-31-21-12-15(4-6-19(21)29)18-13-22(27-14-26-18)25-9-11-28-10-8-16-20(30-2)7-5-17(24)23(16)28/h4-8,10,12-14,29H,3,9,11H2,1-2H3,(H,25,26,27). The predicted octanol–water partition coefficient (Wildman–Crippen LogP) is 4.46. The number of aromatic hydroxyl groups is 1. The van der Waals surface area contributed by atoms with Gasteiger partial charge in [0.2, 0.25) is 0 Å². The molecule has 0 saturated carbocycles. The molecule has 4 aromatic rings. The number of halogens is 1. The number of hydrogen-bond donors (Lipinski definition) is 2. The predicted molar refractivity (Wildman–Crippen MR) is 117 cm³/mol. The summed E-state index contributed by atoms with van der Waals surface area (Å²) < 4.78 is 27.0. The van der Waals surface area contributed by atoms with E-state index in [1.807, 2.05) is 29.8 Å². The van der Waals surface area contributed by atoms with Crippen LogP contribution in [0.5, 0.6) is 17.2 Å². The third-order valence-corrected chi connectivity index (χ3v) is 4.94. The highest BCUT2D eigenvalue weighted by atomic mass is 19.1. The molecule has 0 unspecified atom stereocenters. The average molecular weight is 422 g/mol. The minimum Gasteiger partial charge on any atom is -0.504 e. The number of aromatic nitrogens is 3. The molecule has 0 aliphatic heterocycles. The Morgan fingerprint density at radius 1 is 1.10 bits per heavy atom. The summed E-state index contributed by atoms with van der Waals surface area (Å²) in [7, 11) is 1.57. The number of nitrogens with zero attached hydrogens (tertiary/aromatic N) is 3. The van der Waals surface area contributed by atoms with Crippen LogP contribution in [0.1, 0.15) is 6.92 Å². The summed E-state index contributed by atoms with van der Waals surface area (Å²) in [5.41, 5.74) is 2.01. The molecule has 8 heteroatoms. The van der Waals surface area contributed by atoms with E-state index in [9.17, 15) is 9.50 Å². The van der Waals surface area contributed by atoms with Gasteiger partial charge >= 0.3 is 0 Å². The summed E-state index contributed by atoms with van der Waals surface area (Å²) >= 11 is 0. The molecule has 2 aromatic carbocycles. The quantitative estimate of drug-likeness (QED) is 0.436. The zero-order chi connectivity index (χ0) is 21.8. The van der Waals surface area contributed by atoms with Gasteiger partial charge in [-0.1, -0.05) is 0 Å². The molecule has 2 N–H and O–H groups in total. The Balaban J connectivity index is 1.48. The highest BCUT2D eigenvalue weighted by molar-refractivity contribution is 5.87. The van der Waals surface area contributed by atoms with Crippen molar-refractivity contribution in [1.82, 2.24) is 14.5 Å². The van der Waals surface area contributed by atoms with Crippen molar-refractivity contribution in [3.8, 4) is 28.5 Å². The largest absolute Gasteiger partial charge is 0.504 e. The molecule has 7 nitrogen and oxygen atoms in total. The lowest BCUT2D eigenvalue weighted by atomic mass is 10.1. The highest BCUT2D eigenvalue weighted by Crippen LogP contribution is 2.31.